The number of hydrogen-bond donors (Lipinski definition) is 1. The third-order valence-electron chi connectivity index (χ3n) is 4.47. The monoisotopic (exact) mass is 388 g/mol. The highest BCUT2D eigenvalue weighted by atomic mass is 16.5. The Morgan fingerprint density at radius 1 is 1.10 bits per heavy atom. The van der Waals surface area contributed by atoms with E-state index in [9.17, 15) is 4.79 Å². The molecule has 0 unspecified atom stereocenters. The van der Waals surface area contributed by atoms with Gasteiger partial charge in [-0.1, -0.05) is 18.2 Å². The van der Waals surface area contributed by atoms with Gasteiger partial charge in [0.05, 0.1) is 36.7 Å². The number of rotatable bonds is 6. The molecule has 0 atom stereocenters. The second-order valence-electron chi connectivity index (χ2n) is 6.30. The zero-order valence-electron chi connectivity index (χ0n) is 16.1. The van der Waals surface area contributed by atoms with E-state index in [0.29, 0.717) is 46.3 Å². The Hall–Kier alpha value is -3.80. The number of anilines is 1. The zero-order chi connectivity index (χ0) is 20.2. The highest BCUT2D eigenvalue weighted by molar-refractivity contribution is 6.13. The summed E-state index contributed by atoms with van der Waals surface area (Å²) in [7, 11) is 1.58. The number of pyridine rings is 1. The number of fused-ring (bicyclic) bond motifs is 1. The van der Waals surface area contributed by atoms with Crippen molar-refractivity contribution in [3.8, 4) is 23.0 Å². The van der Waals surface area contributed by atoms with Crippen molar-refractivity contribution in [3.05, 3.63) is 72.5 Å². The standard InChI is InChI=1S/C23H20N2O4/c1-3-28-22-11-10-15(27-2)13-19(22)25-23(26)17-14-20(21-9-6-12-29-21)24-18-8-5-4-7-16(17)18/h4-14H,3H2,1-2H3,(H,25,26). The van der Waals surface area contributed by atoms with Crippen LogP contribution in [0.25, 0.3) is 22.4 Å². The Balaban J connectivity index is 1.78. The van der Waals surface area contributed by atoms with Crippen LogP contribution < -0.4 is 14.8 Å². The summed E-state index contributed by atoms with van der Waals surface area (Å²) in [5.41, 5.74) is 2.33. The first kappa shape index (κ1) is 18.6. The lowest BCUT2D eigenvalue weighted by molar-refractivity contribution is 0.102. The van der Waals surface area contributed by atoms with Crippen LogP contribution in [-0.4, -0.2) is 24.6 Å². The molecule has 2 aromatic heterocycles. The molecule has 29 heavy (non-hydrogen) atoms. The van der Waals surface area contributed by atoms with E-state index in [1.165, 1.54) is 0 Å². The maximum absolute atomic E-state index is 13.2. The van der Waals surface area contributed by atoms with Crippen molar-refractivity contribution >= 4 is 22.5 Å². The number of nitrogens with zero attached hydrogens (tertiary/aromatic N) is 1. The minimum absolute atomic E-state index is 0.273. The van der Waals surface area contributed by atoms with Crippen LogP contribution in [0.3, 0.4) is 0 Å². The Labute approximate surface area is 168 Å². The lowest BCUT2D eigenvalue weighted by atomic mass is 10.1. The lowest BCUT2D eigenvalue weighted by Gasteiger charge is -2.14. The molecule has 0 saturated carbocycles. The van der Waals surface area contributed by atoms with Crippen LogP contribution in [0.4, 0.5) is 5.69 Å². The number of carbonyl (C=O) groups excluding carboxylic acids is 1. The van der Waals surface area contributed by atoms with Gasteiger partial charge in [0.1, 0.15) is 17.2 Å². The first-order valence-corrected chi connectivity index (χ1v) is 9.25. The number of hydrogen-bond acceptors (Lipinski definition) is 5. The number of amides is 1. The van der Waals surface area contributed by atoms with Gasteiger partial charge in [0, 0.05) is 11.5 Å². The Morgan fingerprint density at radius 2 is 1.97 bits per heavy atom. The minimum Gasteiger partial charge on any atom is -0.497 e. The van der Waals surface area contributed by atoms with Gasteiger partial charge in [-0.25, -0.2) is 4.98 Å². The summed E-state index contributed by atoms with van der Waals surface area (Å²) < 4.78 is 16.4. The fourth-order valence-corrected chi connectivity index (χ4v) is 3.12. The maximum Gasteiger partial charge on any atom is 0.256 e. The number of para-hydroxylation sites is 1. The number of carbonyl (C=O) groups is 1. The molecule has 1 amide bonds. The van der Waals surface area contributed by atoms with E-state index in [4.69, 9.17) is 13.9 Å². The maximum atomic E-state index is 13.2. The van der Waals surface area contributed by atoms with Crippen LogP contribution in [0.1, 0.15) is 17.3 Å². The van der Waals surface area contributed by atoms with Crippen molar-refractivity contribution in [2.45, 2.75) is 6.92 Å². The fourth-order valence-electron chi connectivity index (χ4n) is 3.12. The summed E-state index contributed by atoms with van der Waals surface area (Å²) in [5.74, 6) is 1.53. The Morgan fingerprint density at radius 3 is 2.72 bits per heavy atom. The SMILES string of the molecule is CCOc1ccc(OC)cc1NC(=O)c1cc(-c2ccco2)nc2ccccc12. The second kappa shape index (κ2) is 8.06. The largest absolute Gasteiger partial charge is 0.497 e. The Bertz CT molecular complexity index is 1150. The molecule has 0 bridgehead atoms. The van der Waals surface area contributed by atoms with E-state index < -0.39 is 0 Å². The van der Waals surface area contributed by atoms with Crippen LogP contribution in [0, 0.1) is 0 Å². The van der Waals surface area contributed by atoms with Crippen LogP contribution >= 0.6 is 0 Å². The topological polar surface area (TPSA) is 73.6 Å². The van der Waals surface area contributed by atoms with E-state index >= 15 is 0 Å². The van der Waals surface area contributed by atoms with Gasteiger partial charge >= 0.3 is 0 Å². The molecule has 0 radical (unpaired) electrons. The molecule has 0 fully saturated rings. The minimum atomic E-state index is -0.273. The number of ether oxygens (including phenoxy) is 2. The first-order valence-electron chi connectivity index (χ1n) is 9.25. The molecular weight excluding hydrogens is 368 g/mol. The second-order valence-corrected chi connectivity index (χ2v) is 6.30. The summed E-state index contributed by atoms with van der Waals surface area (Å²) in [6, 6.07) is 18.1. The van der Waals surface area contributed by atoms with Gasteiger partial charge < -0.3 is 19.2 Å². The molecule has 0 spiro atoms. The van der Waals surface area contributed by atoms with Gasteiger partial charge in [0.2, 0.25) is 0 Å². The van der Waals surface area contributed by atoms with Crippen molar-refractivity contribution < 1.29 is 18.7 Å². The molecular formula is C23H20N2O4. The summed E-state index contributed by atoms with van der Waals surface area (Å²) in [6.45, 7) is 2.37. The number of nitrogens with one attached hydrogen (secondary N) is 1. The van der Waals surface area contributed by atoms with Crippen LogP contribution in [-0.2, 0) is 0 Å². The fraction of sp³-hybridized carbons (Fsp3) is 0.130. The smallest absolute Gasteiger partial charge is 0.256 e. The molecule has 0 saturated heterocycles. The lowest BCUT2D eigenvalue weighted by Crippen LogP contribution is -2.14. The van der Waals surface area contributed by atoms with E-state index in [1.807, 2.05) is 37.3 Å². The number of benzene rings is 2. The van der Waals surface area contributed by atoms with Gasteiger partial charge in [-0.05, 0) is 43.3 Å². The molecule has 2 heterocycles. The normalized spacial score (nSPS) is 10.7. The van der Waals surface area contributed by atoms with Crippen LogP contribution in [0.5, 0.6) is 11.5 Å². The van der Waals surface area contributed by atoms with Crippen molar-refractivity contribution in [1.29, 1.82) is 0 Å². The molecule has 0 aliphatic rings. The van der Waals surface area contributed by atoms with Crippen LogP contribution in [0.15, 0.2) is 71.3 Å². The summed E-state index contributed by atoms with van der Waals surface area (Å²) in [6.07, 6.45) is 1.58. The molecule has 4 rings (SSSR count). The molecule has 2 aromatic carbocycles. The van der Waals surface area contributed by atoms with Gasteiger partial charge in [0.15, 0.2) is 5.76 Å². The average Bonchev–Trinajstić information content (AvgIpc) is 3.29. The quantitative estimate of drug-likeness (QED) is 0.494. The van der Waals surface area contributed by atoms with Crippen molar-refractivity contribution in [2.75, 3.05) is 19.0 Å². The zero-order valence-corrected chi connectivity index (χ0v) is 16.1. The molecule has 6 nitrogen and oxygen atoms in total. The van der Waals surface area contributed by atoms with Gasteiger partial charge in [-0.2, -0.15) is 0 Å². The van der Waals surface area contributed by atoms with Gasteiger partial charge in [0.25, 0.3) is 5.91 Å². The first-order chi connectivity index (χ1) is 14.2. The molecule has 4 aromatic rings. The molecule has 0 aliphatic heterocycles. The highest BCUT2D eigenvalue weighted by Crippen LogP contribution is 2.31. The Kier molecular flexibility index (Phi) is 5.16. The molecule has 6 heteroatoms. The molecule has 0 aliphatic carbocycles. The highest BCUT2D eigenvalue weighted by Gasteiger charge is 2.17. The van der Waals surface area contributed by atoms with Gasteiger partial charge in [-0.3, -0.25) is 4.79 Å². The average molecular weight is 388 g/mol. The summed E-state index contributed by atoms with van der Waals surface area (Å²) in [5, 5.41) is 3.70. The van der Waals surface area contributed by atoms with E-state index in [2.05, 4.69) is 10.3 Å². The predicted molar refractivity (Wildman–Crippen MR) is 112 cm³/mol. The number of furan rings is 1. The number of aromatic nitrogens is 1. The van der Waals surface area contributed by atoms with E-state index in [0.717, 1.165) is 5.39 Å². The van der Waals surface area contributed by atoms with Crippen molar-refractivity contribution in [2.24, 2.45) is 0 Å². The van der Waals surface area contributed by atoms with Crippen LogP contribution in [0.2, 0.25) is 0 Å². The van der Waals surface area contributed by atoms with Gasteiger partial charge in [-0.15, -0.1) is 0 Å². The van der Waals surface area contributed by atoms with Crippen molar-refractivity contribution in [3.63, 3.8) is 0 Å². The van der Waals surface area contributed by atoms with E-state index in [-0.39, 0.29) is 5.91 Å². The summed E-state index contributed by atoms with van der Waals surface area (Å²) in [4.78, 5) is 17.9. The summed E-state index contributed by atoms with van der Waals surface area (Å²) >= 11 is 0. The molecule has 146 valence electrons. The third-order valence-corrected chi connectivity index (χ3v) is 4.47. The van der Waals surface area contributed by atoms with Crippen molar-refractivity contribution in [1.82, 2.24) is 4.98 Å². The third kappa shape index (κ3) is 3.78. The predicted octanol–water partition coefficient (Wildman–Crippen LogP) is 5.15. The van der Waals surface area contributed by atoms with E-state index in [1.54, 1.807) is 43.7 Å². The number of methoxy groups -OCH3 is 1. The molecule has 1 N–H and O–H groups in total.